The molecule has 2 atom stereocenters. The lowest BCUT2D eigenvalue weighted by Crippen LogP contribution is -2.32. The van der Waals surface area contributed by atoms with Gasteiger partial charge in [-0.25, -0.2) is 8.78 Å². The molecule has 1 aliphatic carbocycles. The zero-order valence-corrected chi connectivity index (χ0v) is 10.7. The predicted octanol–water partition coefficient (Wildman–Crippen LogP) is 3.59. The van der Waals surface area contributed by atoms with Crippen molar-refractivity contribution < 1.29 is 8.78 Å². The molecular formula is C13H17F2NS. The maximum absolute atomic E-state index is 13.5. The van der Waals surface area contributed by atoms with Gasteiger partial charge in [-0.15, -0.1) is 11.8 Å². The van der Waals surface area contributed by atoms with Crippen LogP contribution in [0.4, 0.5) is 8.78 Å². The molecule has 1 nitrogen and oxygen atoms in total. The molecule has 0 spiro atoms. The zero-order chi connectivity index (χ0) is 12.3. The lowest BCUT2D eigenvalue weighted by molar-refractivity contribution is 0.402. The van der Waals surface area contributed by atoms with Crippen molar-refractivity contribution in [3.63, 3.8) is 0 Å². The van der Waals surface area contributed by atoms with Crippen molar-refractivity contribution in [3.05, 3.63) is 29.8 Å². The van der Waals surface area contributed by atoms with Gasteiger partial charge in [-0.3, -0.25) is 0 Å². The van der Waals surface area contributed by atoms with E-state index in [0.29, 0.717) is 16.2 Å². The van der Waals surface area contributed by atoms with Gasteiger partial charge in [-0.2, -0.15) is 0 Å². The number of nitrogens with one attached hydrogen (secondary N) is 1. The summed E-state index contributed by atoms with van der Waals surface area (Å²) >= 11 is 1.47. The summed E-state index contributed by atoms with van der Waals surface area (Å²) in [7, 11) is 1.96. The Morgan fingerprint density at radius 3 is 2.88 bits per heavy atom. The molecule has 0 saturated heterocycles. The largest absolute Gasteiger partial charge is 0.317 e. The van der Waals surface area contributed by atoms with Crippen LogP contribution < -0.4 is 5.32 Å². The molecule has 1 aromatic carbocycles. The smallest absolute Gasteiger partial charge is 0.136 e. The fourth-order valence-corrected chi connectivity index (χ4v) is 3.59. The predicted molar refractivity (Wildman–Crippen MR) is 67.3 cm³/mol. The highest BCUT2D eigenvalue weighted by Gasteiger charge is 2.22. The fourth-order valence-electron chi connectivity index (χ4n) is 2.26. The first-order chi connectivity index (χ1) is 8.19. The highest BCUT2D eigenvalue weighted by molar-refractivity contribution is 8.00. The Bertz CT molecular complexity index is 384. The average molecular weight is 257 g/mol. The second-order valence-corrected chi connectivity index (χ2v) is 5.81. The molecule has 0 aliphatic heterocycles. The van der Waals surface area contributed by atoms with E-state index in [9.17, 15) is 8.78 Å². The van der Waals surface area contributed by atoms with Crippen LogP contribution in [-0.4, -0.2) is 18.3 Å². The first kappa shape index (κ1) is 12.8. The first-order valence-electron chi connectivity index (χ1n) is 5.98. The van der Waals surface area contributed by atoms with Gasteiger partial charge in [0.05, 0.1) is 0 Å². The maximum atomic E-state index is 13.5. The van der Waals surface area contributed by atoms with Crippen molar-refractivity contribution in [2.24, 2.45) is 0 Å². The van der Waals surface area contributed by atoms with Crippen molar-refractivity contribution in [2.45, 2.75) is 41.9 Å². The fraction of sp³-hybridized carbons (Fsp3) is 0.538. The Morgan fingerprint density at radius 1 is 1.29 bits per heavy atom. The molecule has 0 amide bonds. The number of rotatable bonds is 3. The van der Waals surface area contributed by atoms with Crippen LogP contribution in [0.25, 0.3) is 0 Å². The summed E-state index contributed by atoms with van der Waals surface area (Å²) in [6, 6.07) is 4.17. The summed E-state index contributed by atoms with van der Waals surface area (Å²) in [6.45, 7) is 0. The Kier molecular flexibility index (Phi) is 4.40. The lowest BCUT2D eigenvalue weighted by Gasteiger charge is -2.28. The molecule has 2 rings (SSSR count). The number of hydrogen-bond donors (Lipinski definition) is 1. The number of thioether (sulfide) groups is 1. The third-order valence-corrected chi connectivity index (χ3v) is 4.55. The minimum absolute atomic E-state index is 0.317. The Hall–Kier alpha value is -0.610. The highest BCUT2D eigenvalue weighted by atomic mass is 32.2. The van der Waals surface area contributed by atoms with E-state index >= 15 is 0 Å². The van der Waals surface area contributed by atoms with Crippen LogP contribution >= 0.6 is 11.8 Å². The van der Waals surface area contributed by atoms with Crippen molar-refractivity contribution in [3.8, 4) is 0 Å². The van der Waals surface area contributed by atoms with Gasteiger partial charge >= 0.3 is 0 Å². The third kappa shape index (κ3) is 3.42. The summed E-state index contributed by atoms with van der Waals surface area (Å²) in [4.78, 5) is 0.437. The summed E-state index contributed by atoms with van der Waals surface area (Å²) in [5, 5.41) is 3.65. The quantitative estimate of drug-likeness (QED) is 0.888. The molecule has 1 N–H and O–H groups in total. The minimum atomic E-state index is -0.366. The van der Waals surface area contributed by atoms with Crippen LogP contribution in [0.5, 0.6) is 0 Å². The molecule has 1 saturated carbocycles. The first-order valence-corrected chi connectivity index (χ1v) is 6.86. The van der Waals surface area contributed by atoms with Gasteiger partial charge in [0.25, 0.3) is 0 Å². The van der Waals surface area contributed by atoms with E-state index in [1.165, 1.54) is 30.3 Å². The van der Waals surface area contributed by atoms with Gasteiger partial charge in [-0.1, -0.05) is 6.42 Å². The van der Waals surface area contributed by atoms with Crippen LogP contribution in [0.1, 0.15) is 25.7 Å². The van der Waals surface area contributed by atoms with Gasteiger partial charge in [-0.05, 0) is 44.5 Å². The Balaban J connectivity index is 2.02. The standard InChI is InChI=1S/C13H17F2NS/c1-16-10-3-2-4-11(8-10)17-13-7-9(14)5-6-12(13)15/h5-7,10-11,16H,2-4,8H2,1H3. The number of benzene rings is 1. The van der Waals surface area contributed by atoms with Gasteiger partial charge in [0.1, 0.15) is 11.6 Å². The molecule has 17 heavy (non-hydrogen) atoms. The molecular weight excluding hydrogens is 240 g/mol. The van der Waals surface area contributed by atoms with Crippen LogP contribution in [-0.2, 0) is 0 Å². The minimum Gasteiger partial charge on any atom is -0.317 e. The summed E-state index contributed by atoms with van der Waals surface area (Å²) in [5.41, 5.74) is 0. The number of hydrogen-bond acceptors (Lipinski definition) is 2. The normalized spacial score (nSPS) is 24.9. The van der Waals surface area contributed by atoms with E-state index in [1.54, 1.807) is 0 Å². The van der Waals surface area contributed by atoms with E-state index in [4.69, 9.17) is 0 Å². The number of halogens is 2. The average Bonchev–Trinajstić information content (AvgIpc) is 2.34. The summed E-state index contributed by atoms with van der Waals surface area (Å²) in [6.07, 6.45) is 4.44. The lowest BCUT2D eigenvalue weighted by atomic mass is 9.95. The molecule has 0 heterocycles. The van der Waals surface area contributed by atoms with Crippen molar-refractivity contribution in [2.75, 3.05) is 7.05 Å². The third-order valence-electron chi connectivity index (χ3n) is 3.22. The molecule has 2 unspecified atom stereocenters. The highest BCUT2D eigenvalue weighted by Crippen LogP contribution is 2.35. The molecule has 4 heteroatoms. The Morgan fingerprint density at radius 2 is 2.12 bits per heavy atom. The summed E-state index contributed by atoms with van der Waals surface area (Å²) < 4.78 is 26.6. The van der Waals surface area contributed by atoms with Crippen LogP contribution in [0.15, 0.2) is 23.1 Å². The molecule has 1 aromatic rings. The zero-order valence-electron chi connectivity index (χ0n) is 9.88. The molecule has 1 aliphatic rings. The molecule has 0 radical (unpaired) electrons. The monoisotopic (exact) mass is 257 g/mol. The van der Waals surface area contributed by atoms with Gasteiger partial charge in [0.2, 0.25) is 0 Å². The molecule has 0 bridgehead atoms. The van der Waals surface area contributed by atoms with Crippen molar-refractivity contribution in [1.29, 1.82) is 0 Å². The van der Waals surface area contributed by atoms with Gasteiger partial charge in [0.15, 0.2) is 0 Å². The van der Waals surface area contributed by atoms with Crippen molar-refractivity contribution >= 4 is 11.8 Å². The van der Waals surface area contributed by atoms with Crippen molar-refractivity contribution in [1.82, 2.24) is 5.32 Å². The SMILES string of the molecule is CNC1CCCC(Sc2cc(F)ccc2F)C1. The van der Waals surface area contributed by atoms with E-state index in [0.717, 1.165) is 25.3 Å². The van der Waals surface area contributed by atoms with E-state index in [1.807, 2.05) is 7.05 Å². The molecule has 94 valence electrons. The van der Waals surface area contributed by atoms with E-state index < -0.39 is 0 Å². The second-order valence-electron chi connectivity index (χ2n) is 4.47. The Labute approximate surface area is 105 Å². The second kappa shape index (κ2) is 5.83. The van der Waals surface area contributed by atoms with E-state index in [-0.39, 0.29) is 11.6 Å². The van der Waals surface area contributed by atoms with Gasteiger partial charge < -0.3 is 5.32 Å². The van der Waals surface area contributed by atoms with Crippen LogP contribution in [0.2, 0.25) is 0 Å². The summed E-state index contributed by atoms with van der Waals surface area (Å²) in [5.74, 6) is -0.683. The van der Waals surface area contributed by atoms with Gasteiger partial charge in [0, 0.05) is 16.2 Å². The maximum Gasteiger partial charge on any atom is 0.136 e. The van der Waals surface area contributed by atoms with Crippen LogP contribution in [0.3, 0.4) is 0 Å². The topological polar surface area (TPSA) is 12.0 Å². The van der Waals surface area contributed by atoms with E-state index in [2.05, 4.69) is 5.32 Å². The van der Waals surface area contributed by atoms with Crippen LogP contribution in [0, 0.1) is 11.6 Å². The molecule has 1 fully saturated rings. The molecule has 0 aromatic heterocycles.